The van der Waals surface area contributed by atoms with E-state index in [9.17, 15) is 60.6 Å². The van der Waals surface area contributed by atoms with Crippen LogP contribution < -0.4 is 32.7 Å². The second-order valence-corrected chi connectivity index (χ2v) is 16.8. The van der Waals surface area contributed by atoms with Crippen LogP contribution in [0.2, 0.25) is 0 Å². The Hall–Kier alpha value is -6.11. The van der Waals surface area contributed by atoms with Crippen LogP contribution >= 0.6 is 11.8 Å². The minimum atomic E-state index is -5.51. The molecule has 1 aromatic heterocycles. The lowest BCUT2D eigenvalue weighted by molar-refractivity contribution is -0.285. The number of amides is 4. The Morgan fingerprint density at radius 1 is 0.815 bits per heavy atom. The number of aliphatic hydroxyl groups excluding tert-OH is 1. The monoisotopic (exact) mass is 943 g/mol. The van der Waals surface area contributed by atoms with Crippen molar-refractivity contribution in [1.29, 1.82) is 0 Å². The number of benzene rings is 2. The topological polar surface area (TPSA) is 284 Å². The summed E-state index contributed by atoms with van der Waals surface area (Å²) in [6.45, 7) is 4.62. The Morgan fingerprint density at radius 3 is 2.09 bits per heavy atom. The molecule has 356 valence electrons. The van der Waals surface area contributed by atoms with E-state index in [-0.39, 0.29) is 38.2 Å². The van der Waals surface area contributed by atoms with Gasteiger partial charge >= 0.3 is 24.1 Å². The van der Waals surface area contributed by atoms with Gasteiger partial charge in [-0.2, -0.15) is 13.2 Å². The van der Waals surface area contributed by atoms with Crippen LogP contribution in [0.1, 0.15) is 50.8 Å². The number of carbonyl (C=O) groups is 7. The maximum atomic E-state index is 14.9. The molecule has 4 amide bonds. The van der Waals surface area contributed by atoms with Crippen molar-refractivity contribution in [2.75, 3.05) is 31.9 Å². The minimum Gasteiger partial charge on any atom is -0.480 e. The van der Waals surface area contributed by atoms with Gasteiger partial charge in [-0.05, 0) is 41.7 Å². The molecule has 3 aromatic rings. The fourth-order valence-electron chi connectivity index (χ4n) is 6.07. The molecule has 24 heteroatoms. The quantitative estimate of drug-likeness (QED) is 0.0308. The number of aliphatic carboxylic acids is 1. The second kappa shape index (κ2) is 24.3. The van der Waals surface area contributed by atoms with Crippen molar-refractivity contribution in [3.05, 3.63) is 83.7 Å². The number of aromatic nitrogens is 1. The van der Waals surface area contributed by atoms with Crippen molar-refractivity contribution < 1.29 is 75.5 Å². The molecule has 0 bridgehead atoms. The number of hydrogen-bond donors (Lipinski definition) is 8. The first kappa shape index (κ1) is 53.2. The zero-order valence-corrected chi connectivity index (χ0v) is 36.1. The lowest BCUT2D eigenvalue weighted by atomic mass is 9.74. The molecule has 65 heavy (non-hydrogen) atoms. The maximum Gasteiger partial charge on any atom is 0.495 e. The summed E-state index contributed by atoms with van der Waals surface area (Å²) in [7, 11) is 0. The van der Waals surface area contributed by atoms with E-state index in [4.69, 9.17) is 16.6 Å². The molecule has 2 aromatic carbocycles. The van der Waals surface area contributed by atoms with Gasteiger partial charge in [-0.25, -0.2) is 28.1 Å². The molecular weight excluding hydrogens is 894 g/mol. The normalized spacial score (nSPS) is 13.9. The van der Waals surface area contributed by atoms with Gasteiger partial charge in [-0.1, -0.05) is 51.1 Å². The first-order valence-corrected chi connectivity index (χ1v) is 20.7. The number of carboxylic acid groups (broad SMARTS) is 1. The SMILES string of the molecule is CC(C)(C)[C@H](c1cc(-c2cc(F)ccc2F)cn1Cc1ccccc1)[C@H](O)C(=O)NCC[C@H](N)C(=O)NCCNC(=O)CNC(=O)CC(SC[C@H](N)C(=O)O)C(=O)OOC(=O)C(F)(F)F. The summed E-state index contributed by atoms with van der Waals surface area (Å²) in [6.07, 6.45) is -6.45. The Kier molecular flexibility index (Phi) is 19.9. The molecule has 0 aliphatic rings. The van der Waals surface area contributed by atoms with Crippen LogP contribution in [-0.2, 0) is 49.9 Å². The number of rotatable bonds is 22. The van der Waals surface area contributed by atoms with Gasteiger partial charge in [-0.3, -0.25) is 24.0 Å². The highest BCUT2D eigenvalue weighted by Gasteiger charge is 2.44. The van der Waals surface area contributed by atoms with E-state index >= 15 is 0 Å². The van der Waals surface area contributed by atoms with Crippen molar-refractivity contribution in [1.82, 2.24) is 25.8 Å². The van der Waals surface area contributed by atoms with Crippen LogP contribution in [0.15, 0.2) is 60.8 Å². The Balaban J connectivity index is 1.50. The summed E-state index contributed by atoms with van der Waals surface area (Å²) >= 11 is 0.403. The molecule has 0 spiro atoms. The first-order chi connectivity index (χ1) is 30.4. The average molecular weight is 944 g/mol. The Morgan fingerprint density at radius 2 is 1.46 bits per heavy atom. The number of nitrogens with zero attached hydrogens (tertiary/aromatic N) is 1. The molecule has 0 saturated heterocycles. The van der Waals surface area contributed by atoms with E-state index in [1.807, 2.05) is 51.1 Å². The van der Waals surface area contributed by atoms with E-state index in [1.54, 1.807) is 16.8 Å². The second-order valence-electron chi connectivity index (χ2n) is 15.5. The van der Waals surface area contributed by atoms with Gasteiger partial charge < -0.3 is 47.5 Å². The largest absolute Gasteiger partial charge is 0.495 e. The number of nitrogens with one attached hydrogen (secondary N) is 4. The van der Waals surface area contributed by atoms with Crippen LogP contribution in [-0.4, -0.2) is 118 Å². The molecule has 1 unspecified atom stereocenters. The van der Waals surface area contributed by atoms with Crippen LogP contribution in [0, 0.1) is 17.0 Å². The number of hydrogen-bond acceptors (Lipinski definition) is 13. The Labute approximate surface area is 373 Å². The van der Waals surface area contributed by atoms with Crippen molar-refractivity contribution >= 4 is 53.3 Å². The summed E-state index contributed by atoms with van der Waals surface area (Å²) in [4.78, 5) is 92.1. The maximum absolute atomic E-state index is 14.9. The van der Waals surface area contributed by atoms with Gasteiger partial charge in [0, 0.05) is 67.3 Å². The molecule has 1 heterocycles. The molecule has 5 atom stereocenters. The third-order valence-corrected chi connectivity index (χ3v) is 10.7. The number of carbonyl (C=O) groups excluding carboxylic acids is 6. The molecule has 10 N–H and O–H groups in total. The van der Waals surface area contributed by atoms with E-state index in [1.165, 1.54) is 0 Å². The first-order valence-electron chi connectivity index (χ1n) is 19.7. The smallest absolute Gasteiger partial charge is 0.480 e. The summed E-state index contributed by atoms with van der Waals surface area (Å²) in [5.74, 6) is -11.9. The molecule has 0 aliphatic heterocycles. The van der Waals surface area contributed by atoms with Crippen molar-refractivity contribution in [3.63, 3.8) is 0 Å². The summed E-state index contributed by atoms with van der Waals surface area (Å²) in [5, 5.41) is 28.3. The highest BCUT2D eigenvalue weighted by Crippen LogP contribution is 2.41. The number of nitrogens with two attached hydrogens (primary N) is 2. The summed E-state index contributed by atoms with van der Waals surface area (Å²) < 4.78 is 68.1. The van der Waals surface area contributed by atoms with Crippen LogP contribution in [0.4, 0.5) is 22.0 Å². The highest BCUT2D eigenvalue weighted by atomic mass is 32.2. The molecule has 18 nitrogen and oxygen atoms in total. The minimum absolute atomic E-state index is 0.00120. The predicted octanol–water partition coefficient (Wildman–Crippen LogP) is 1.62. The van der Waals surface area contributed by atoms with Gasteiger partial charge in [0.2, 0.25) is 23.6 Å². The van der Waals surface area contributed by atoms with Gasteiger partial charge in [0.05, 0.1) is 12.6 Å². The number of alkyl halides is 3. The molecule has 3 rings (SSSR count). The van der Waals surface area contributed by atoms with Crippen LogP contribution in [0.3, 0.4) is 0 Å². The van der Waals surface area contributed by atoms with Gasteiger partial charge in [0.1, 0.15) is 29.0 Å². The fourth-order valence-corrected chi connectivity index (χ4v) is 7.10. The van der Waals surface area contributed by atoms with E-state index in [2.05, 4.69) is 31.0 Å². The number of aliphatic hydroxyl groups is 1. The van der Waals surface area contributed by atoms with Crippen LogP contribution in [0.25, 0.3) is 11.1 Å². The zero-order valence-electron chi connectivity index (χ0n) is 35.3. The molecule has 0 aliphatic carbocycles. The van der Waals surface area contributed by atoms with Crippen molar-refractivity contribution in [2.24, 2.45) is 16.9 Å². The molecular formula is C41H50F5N7O11S. The van der Waals surface area contributed by atoms with Crippen molar-refractivity contribution in [3.8, 4) is 11.1 Å². The fraction of sp³-hybridized carbons (Fsp3) is 0.439. The predicted molar refractivity (Wildman–Crippen MR) is 223 cm³/mol. The van der Waals surface area contributed by atoms with E-state index in [0.29, 0.717) is 23.0 Å². The lowest BCUT2D eigenvalue weighted by Crippen LogP contribution is -2.47. The van der Waals surface area contributed by atoms with Crippen LogP contribution in [0.5, 0.6) is 0 Å². The highest BCUT2D eigenvalue weighted by molar-refractivity contribution is 8.00. The zero-order chi connectivity index (χ0) is 48.6. The molecule has 0 saturated carbocycles. The third kappa shape index (κ3) is 17.1. The molecule has 0 radical (unpaired) electrons. The standard InChI is InChI=1S/C41H50F5N7O11S/c1-40(2,3)33(29-15-23(25-16-24(42)9-10-26(25)43)20-53(29)19-22-7-5-4-6-8-22)34(56)36(58)50-12-11-27(47)35(57)51-14-13-49-32(55)18-52-31(54)17-30(65-21-28(48)37(59)60)38(61)63-64-39(62)41(44,45)46/h4-10,15-16,20,27-28,30,33-34,56H,11-14,17-19,21,47-48H2,1-3H3,(H,49,55)(H,50,58)(H,51,57)(H,52,54)(H,59,60)/t27-,28-,30?,33+,34-/m0/s1. The van der Waals surface area contributed by atoms with Gasteiger partial charge in [0.15, 0.2) is 0 Å². The number of halogens is 5. The van der Waals surface area contributed by atoms with Gasteiger partial charge in [-0.15, -0.1) is 11.8 Å². The molecule has 0 fully saturated rings. The van der Waals surface area contributed by atoms with Crippen molar-refractivity contribution in [2.45, 2.75) is 75.7 Å². The van der Waals surface area contributed by atoms with Gasteiger partial charge in [0.25, 0.3) is 0 Å². The van der Waals surface area contributed by atoms with E-state index in [0.717, 1.165) is 23.8 Å². The average Bonchev–Trinajstić information content (AvgIpc) is 3.63. The van der Waals surface area contributed by atoms with E-state index < -0.39 is 113 Å². The third-order valence-electron chi connectivity index (χ3n) is 9.34. The lowest BCUT2D eigenvalue weighted by Gasteiger charge is -2.35. The summed E-state index contributed by atoms with van der Waals surface area (Å²) in [5.41, 5.74) is 12.3. The Bertz CT molecular complexity index is 2160. The number of carboxylic acids is 1. The number of thioether (sulfide) groups is 1. The summed E-state index contributed by atoms with van der Waals surface area (Å²) in [6, 6.07) is 11.3.